The molecule has 0 aliphatic rings. The minimum Gasteiger partial charge on any atom is -0.494 e. The molecule has 2 aromatic carbocycles. The van der Waals surface area contributed by atoms with Crippen molar-refractivity contribution in [1.29, 1.82) is 0 Å². The number of halogens is 1. The van der Waals surface area contributed by atoms with Gasteiger partial charge in [-0.2, -0.15) is 4.68 Å². The van der Waals surface area contributed by atoms with Gasteiger partial charge in [-0.1, -0.05) is 30.0 Å². The Morgan fingerprint density at radius 3 is 2.75 bits per heavy atom. The summed E-state index contributed by atoms with van der Waals surface area (Å²) < 4.78 is 20.0. The van der Waals surface area contributed by atoms with Crippen molar-refractivity contribution in [3.8, 4) is 11.4 Å². The third-order valence-corrected chi connectivity index (χ3v) is 5.00. The standard InChI is InChI=1S/C19H20FN5O2S/c1-12-4-9-17(27-3)16(10-12)25-19(22-23-24-25)28-11-18(26)21-13(2)14-5-7-15(20)8-6-14/h4-10,13H,11H2,1-3H3,(H,21,26). The molecule has 0 saturated carbocycles. The Morgan fingerprint density at radius 2 is 2.04 bits per heavy atom. The van der Waals surface area contributed by atoms with Crippen LogP contribution in [0.4, 0.5) is 4.39 Å². The van der Waals surface area contributed by atoms with Crippen LogP contribution in [0, 0.1) is 12.7 Å². The van der Waals surface area contributed by atoms with Crippen molar-refractivity contribution in [3.63, 3.8) is 0 Å². The third-order valence-electron chi connectivity index (χ3n) is 4.08. The van der Waals surface area contributed by atoms with E-state index in [9.17, 15) is 9.18 Å². The number of hydrogen-bond donors (Lipinski definition) is 1. The lowest BCUT2D eigenvalue weighted by molar-refractivity contribution is -0.119. The van der Waals surface area contributed by atoms with E-state index >= 15 is 0 Å². The van der Waals surface area contributed by atoms with Gasteiger partial charge in [-0.05, 0) is 59.7 Å². The monoisotopic (exact) mass is 401 g/mol. The van der Waals surface area contributed by atoms with Gasteiger partial charge in [0.15, 0.2) is 0 Å². The molecule has 1 atom stereocenters. The molecule has 0 aliphatic carbocycles. The number of carbonyl (C=O) groups excluding carboxylic acids is 1. The number of methoxy groups -OCH3 is 1. The van der Waals surface area contributed by atoms with Crippen LogP contribution in [-0.2, 0) is 4.79 Å². The normalized spacial score (nSPS) is 11.9. The van der Waals surface area contributed by atoms with Crippen LogP contribution in [0.15, 0.2) is 47.6 Å². The molecule has 0 aliphatic heterocycles. The first kappa shape index (κ1) is 19.8. The summed E-state index contributed by atoms with van der Waals surface area (Å²) in [5, 5.41) is 15.1. The van der Waals surface area contributed by atoms with Gasteiger partial charge in [0.1, 0.15) is 17.3 Å². The van der Waals surface area contributed by atoms with Gasteiger partial charge in [-0.3, -0.25) is 4.79 Å². The lowest BCUT2D eigenvalue weighted by Crippen LogP contribution is -2.28. The van der Waals surface area contributed by atoms with Gasteiger partial charge in [0.05, 0.1) is 18.9 Å². The molecule has 1 N–H and O–H groups in total. The molecule has 0 fully saturated rings. The molecular weight excluding hydrogens is 381 g/mol. The highest BCUT2D eigenvalue weighted by molar-refractivity contribution is 7.99. The Labute approximate surface area is 166 Å². The number of nitrogens with one attached hydrogen (secondary N) is 1. The number of carbonyl (C=O) groups is 1. The first-order valence-electron chi connectivity index (χ1n) is 8.59. The van der Waals surface area contributed by atoms with Crippen LogP contribution < -0.4 is 10.1 Å². The van der Waals surface area contributed by atoms with Crippen molar-refractivity contribution in [3.05, 3.63) is 59.4 Å². The van der Waals surface area contributed by atoms with Crippen LogP contribution in [0.1, 0.15) is 24.1 Å². The molecule has 1 aromatic heterocycles. The van der Waals surface area contributed by atoms with Crippen molar-refractivity contribution in [2.24, 2.45) is 0 Å². The summed E-state index contributed by atoms with van der Waals surface area (Å²) in [6, 6.07) is 11.5. The number of rotatable bonds is 7. The van der Waals surface area contributed by atoms with E-state index in [0.717, 1.165) is 11.1 Å². The first-order valence-corrected chi connectivity index (χ1v) is 9.57. The Hall–Kier alpha value is -2.94. The van der Waals surface area contributed by atoms with E-state index in [1.165, 1.54) is 23.9 Å². The molecule has 28 heavy (non-hydrogen) atoms. The Morgan fingerprint density at radius 1 is 1.29 bits per heavy atom. The van der Waals surface area contributed by atoms with Gasteiger partial charge in [0, 0.05) is 0 Å². The van der Waals surface area contributed by atoms with Gasteiger partial charge < -0.3 is 10.1 Å². The number of aromatic nitrogens is 4. The maximum atomic E-state index is 13.0. The van der Waals surface area contributed by atoms with Gasteiger partial charge in [0.25, 0.3) is 0 Å². The highest BCUT2D eigenvalue weighted by Gasteiger charge is 2.16. The van der Waals surface area contributed by atoms with Crippen molar-refractivity contribution in [2.45, 2.75) is 25.0 Å². The fourth-order valence-corrected chi connectivity index (χ4v) is 3.33. The maximum Gasteiger partial charge on any atom is 0.230 e. The van der Waals surface area contributed by atoms with E-state index in [-0.39, 0.29) is 23.5 Å². The topological polar surface area (TPSA) is 81.9 Å². The van der Waals surface area contributed by atoms with Crippen molar-refractivity contribution < 1.29 is 13.9 Å². The Balaban J connectivity index is 1.66. The zero-order valence-corrected chi connectivity index (χ0v) is 16.5. The second-order valence-electron chi connectivity index (χ2n) is 6.18. The summed E-state index contributed by atoms with van der Waals surface area (Å²) in [7, 11) is 1.58. The number of amides is 1. The SMILES string of the molecule is COc1ccc(C)cc1-n1nnnc1SCC(=O)NC(C)c1ccc(F)cc1. The molecule has 146 valence electrons. The molecule has 1 unspecified atom stereocenters. The van der Waals surface area contributed by atoms with E-state index in [4.69, 9.17) is 4.74 Å². The fraction of sp³-hybridized carbons (Fsp3) is 0.263. The van der Waals surface area contributed by atoms with Crippen molar-refractivity contribution in [2.75, 3.05) is 12.9 Å². The number of aryl methyl sites for hydroxylation is 1. The highest BCUT2D eigenvalue weighted by atomic mass is 32.2. The van der Waals surface area contributed by atoms with E-state index in [1.54, 1.807) is 23.9 Å². The average molecular weight is 401 g/mol. The molecule has 0 radical (unpaired) electrons. The summed E-state index contributed by atoms with van der Waals surface area (Å²) in [6.45, 7) is 3.81. The minimum absolute atomic E-state index is 0.139. The fourth-order valence-electron chi connectivity index (χ4n) is 2.63. The van der Waals surface area contributed by atoms with Gasteiger partial charge >= 0.3 is 0 Å². The third kappa shape index (κ3) is 4.66. The van der Waals surface area contributed by atoms with Crippen LogP contribution in [0.3, 0.4) is 0 Å². The van der Waals surface area contributed by atoms with Crippen LogP contribution in [0.5, 0.6) is 5.75 Å². The van der Waals surface area contributed by atoms with Crippen LogP contribution in [0.25, 0.3) is 5.69 Å². The second-order valence-corrected chi connectivity index (χ2v) is 7.12. The molecule has 7 nitrogen and oxygen atoms in total. The molecule has 9 heteroatoms. The van der Waals surface area contributed by atoms with Gasteiger partial charge in [-0.25, -0.2) is 4.39 Å². The maximum absolute atomic E-state index is 13.0. The van der Waals surface area contributed by atoms with E-state index < -0.39 is 0 Å². The lowest BCUT2D eigenvalue weighted by atomic mass is 10.1. The number of nitrogens with zero attached hydrogens (tertiary/aromatic N) is 4. The van der Waals surface area contributed by atoms with E-state index in [0.29, 0.717) is 16.6 Å². The average Bonchev–Trinajstić information content (AvgIpc) is 3.15. The number of thioether (sulfide) groups is 1. The Bertz CT molecular complexity index is 961. The molecule has 3 rings (SSSR count). The lowest BCUT2D eigenvalue weighted by Gasteiger charge is -2.14. The second kappa shape index (κ2) is 8.83. The number of hydrogen-bond acceptors (Lipinski definition) is 6. The van der Waals surface area contributed by atoms with E-state index in [2.05, 4.69) is 20.8 Å². The largest absolute Gasteiger partial charge is 0.494 e. The van der Waals surface area contributed by atoms with E-state index in [1.807, 2.05) is 32.0 Å². The summed E-state index contributed by atoms with van der Waals surface area (Å²) >= 11 is 1.22. The summed E-state index contributed by atoms with van der Waals surface area (Å²) in [5.74, 6) is 0.290. The molecular formula is C19H20FN5O2S. The summed E-state index contributed by atoms with van der Waals surface area (Å²) in [4.78, 5) is 12.3. The van der Waals surface area contributed by atoms with Crippen molar-refractivity contribution in [1.82, 2.24) is 25.5 Å². The molecule has 0 bridgehead atoms. The van der Waals surface area contributed by atoms with Crippen LogP contribution >= 0.6 is 11.8 Å². The van der Waals surface area contributed by atoms with Gasteiger partial charge in [-0.15, -0.1) is 5.10 Å². The van der Waals surface area contributed by atoms with Crippen LogP contribution in [-0.4, -0.2) is 39.0 Å². The zero-order chi connectivity index (χ0) is 20.1. The summed E-state index contributed by atoms with van der Waals surface area (Å²) in [5.41, 5.74) is 2.57. The zero-order valence-electron chi connectivity index (χ0n) is 15.7. The number of ether oxygens (including phenoxy) is 1. The molecule has 3 aromatic rings. The van der Waals surface area contributed by atoms with Gasteiger partial charge in [0.2, 0.25) is 11.1 Å². The first-order chi connectivity index (χ1) is 13.5. The smallest absolute Gasteiger partial charge is 0.230 e. The quantitative estimate of drug-likeness (QED) is 0.613. The molecule has 1 heterocycles. The molecule has 1 amide bonds. The predicted molar refractivity (Wildman–Crippen MR) is 104 cm³/mol. The molecule has 0 saturated heterocycles. The van der Waals surface area contributed by atoms with Crippen molar-refractivity contribution >= 4 is 17.7 Å². The van der Waals surface area contributed by atoms with Crippen LogP contribution in [0.2, 0.25) is 0 Å². The number of tetrazole rings is 1. The number of benzene rings is 2. The summed E-state index contributed by atoms with van der Waals surface area (Å²) in [6.07, 6.45) is 0. The molecule has 0 spiro atoms. The Kier molecular flexibility index (Phi) is 6.25. The minimum atomic E-state index is -0.309. The highest BCUT2D eigenvalue weighted by Crippen LogP contribution is 2.27. The predicted octanol–water partition coefficient (Wildman–Crippen LogP) is 3.09.